The monoisotopic (exact) mass is 443 g/mol. The number of amides is 2. The molecule has 3 fully saturated rings. The van der Waals surface area contributed by atoms with Gasteiger partial charge in [-0.05, 0) is 49.9 Å². The molecule has 1 saturated heterocycles. The van der Waals surface area contributed by atoms with Crippen LogP contribution in [0.5, 0.6) is 5.75 Å². The number of methoxy groups -OCH3 is 1. The highest BCUT2D eigenvalue weighted by atomic mass is 32.2. The fraction of sp³-hybridized carbons (Fsp3) is 0.625. The molecule has 2 aliphatic carbocycles. The van der Waals surface area contributed by atoms with Crippen LogP contribution in [0.2, 0.25) is 0 Å². The van der Waals surface area contributed by atoms with Gasteiger partial charge in [-0.3, -0.25) is 19.5 Å². The largest absolute Gasteiger partial charge is 0.497 e. The molecule has 0 aromatic heterocycles. The summed E-state index contributed by atoms with van der Waals surface area (Å²) in [6.45, 7) is 0. The molecule has 2 amide bonds. The first-order valence-electron chi connectivity index (χ1n) is 11.7. The first-order chi connectivity index (χ1) is 15.1. The van der Waals surface area contributed by atoms with Crippen LogP contribution in [0, 0.1) is 0 Å². The van der Waals surface area contributed by atoms with Crippen molar-refractivity contribution in [1.82, 2.24) is 4.90 Å². The molecule has 1 atom stereocenters. The van der Waals surface area contributed by atoms with E-state index >= 15 is 0 Å². The maximum absolute atomic E-state index is 13.4. The highest BCUT2D eigenvalue weighted by Gasteiger charge is 2.43. The van der Waals surface area contributed by atoms with Crippen LogP contribution in [-0.2, 0) is 9.59 Å². The van der Waals surface area contributed by atoms with E-state index in [0.29, 0.717) is 11.7 Å². The van der Waals surface area contributed by atoms with Crippen LogP contribution >= 0.6 is 11.8 Å². The van der Waals surface area contributed by atoms with Crippen molar-refractivity contribution in [3.05, 3.63) is 24.3 Å². The summed E-state index contributed by atoms with van der Waals surface area (Å²) in [6.07, 6.45) is 11.8. The van der Waals surface area contributed by atoms with Gasteiger partial charge in [0.05, 0.1) is 13.2 Å². The second-order valence-electron chi connectivity index (χ2n) is 8.79. The maximum Gasteiger partial charge on any atom is 0.242 e. The Morgan fingerprint density at radius 3 is 2.35 bits per heavy atom. The van der Waals surface area contributed by atoms with Crippen molar-refractivity contribution in [2.75, 3.05) is 12.4 Å². The summed E-state index contributed by atoms with van der Waals surface area (Å²) in [5, 5.41) is 3.39. The van der Waals surface area contributed by atoms with E-state index in [1.807, 2.05) is 29.2 Å². The molecule has 6 nitrogen and oxygen atoms in total. The minimum absolute atomic E-state index is 0.0661. The standard InChI is InChI=1S/C24H33N3O3S/c1-30-20-14-12-18(13-15-20)25-22(28)16-21-23(29)27(19-10-6-3-7-11-19)24(31-21)26-17-8-4-2-5-9-17/h12-15,17,19,21H,2-11,16H2,1H3,(H,25,28). The van der Waals surface area contributed by atoms with Gasteiger partial charge in [-0.1, -0.05) is 50.3 Å². The number of ether oxygens (including phenoxy) is 1. The number of nitrogens with one attached hydrogen (secondary N) is 1. The summed E-state index contributed by atoms with van der Waals surface area (Å²) < 4.78 is 5.16. The fourth-order valence-electron chi connectivity index (χ4n) is 4.80. The molecular weight excluding hydrogens is 410 g/mol. The Morgan fingerprint density at radius 1 is 1.06 bits per heavy atom. The Morgan fingerprint density at radius 2 is 1.71 bits per heavy atom. The van der Waals surface area contributed by atoms with Gasteiger partial charge < -0.3 is 10.1 Å². The molecule has 0 spiro atoms. The smallest absolute Gasteiger partial charge is 0.242 e. The highest BCUT2D eigenvalue weighted by Crippen LogP contribution is 2.36. The zero-order valence-corrected chi connectivity index (χ0v) is 19.2. The van der Waals surface area contributed by atoms with E-state index < -0.39 is 0 Å². The number of amidine groups is 1. The van der Waals surface area contributed by atoms with Crippen molar-refractivity contribution in [2.24, 2.45) is 4.99 Å². The van der Waals surface area contributed by atoms with E-state index in [-0.39, 0.29) is 29.5 Å². The summed E-state index contributed by atoms with van der Waals surface area (Å²) in [5.74, 6) is 0.668. The minimum Gasteiger partial charge on any atom is -0.497 e. The topological polar surface area (TPSA) is 71.0 Å². The van der Waals surface area contributed by atoms with Crippen molar-refractivity contribution in [2.45, 2.75) is 88.0 Å². The molecule has 168 valence electrons. The van der Waals surface area contributed by atoms with Gasteiger partial charge in [0.1, 0.15) is 11.0 Å². The van der Waals surface area contributed by atoms with Crippen LogP contribution in [0.3, 0.4) is 0 Å². The number of benzene rings is 1. The van der Waals surface area contributed by atoms with E-state index in [1.165, 1.54) is 50.3 Å². The van der Waals surface area contributed by atoms with Crippen LogP contribution in [0.1, 0.15) is 70.6 Å². The van der Waals surface area contributed by atoms with Gasteiger partial charge in [-0.15, -0.1) is 0 Å². The number of hydrogen-bond acceptors (Lipinski definition) is 5. The predicted octanol–water partition coefficient (Wildman–Crippen LogP) is 4.99. The van der Waals surface area contributed by atoms with Crippen molar-refractivity contribution >= 4 is 34.4 Å². The lowest BCUT2D eigenvalue weighted by atomic mass is 9.94. The molecule has 4 rings (SSSR count). The Hall–Kier alpha value is -2.02. The molecular formula is C24H33N3O3S. The van der Waals surface area contributed by atoms with E-state index in [9.17, 15) is 9.59 Å². The van der Waals surface area contributed by atoms with Gasteiger partial charge in [0.15, 0.2) is 5.17 Å². The third-order valence-corrected chi connectivity index (χ3v) is 7.68. The molecule has 3 aliphatic rings. The van der Waals surface area contributed by atoms with Crippen molar-refractivity contribution in [3.63, 3.8) is 0 Å². The molecule has 1 heterocycles. The van der Waals surface area contributed by atoms with E-state index in [2.05, 4.69) is 5.32 Å². The number of rotatable bonds is 6. The quantitative estimate of drug-likeness (QED) is 0.672. The van der Waals surface area contributed by atoms with Gasteiger partial charge in [-0.25, -0.2) is 0 Å². The van der Waals surface area contributed by atoms with Gasteiger partial charge in [0, 0.05) is 18.2 Å². The zero-order valence-electron chi connectivity index (χ0n) is 18.3. The zero-order chi connectivity index (χ0) is 21.6. The Balaban J connectivity index is 1.44. The van der Waals surface area contributed by atoms with Crippen molar-refractivity contribution < 1.29 is 14.3 Å². The molecule has 1 aliphatic heterocycles. The van der Waals surface area contributed by atoms with Gasteiger partial charge in [0.2, 0.25) is 11.8 Å². The summed E-state index contributed by atoms with van der Waals surface area (Å²) in [7, 11) is 1.61. The van der Waals surface area contributed by atoms with E-state index in [4.69, 9.17) is 9.73 Å². The highest BCUT2D eigenvalue weighted by molar-refractivity contribution is 8.15. The Labute approximate surface area is 189 Å². The molecule has 1 aromatic rings. The fourth-order valence-corrected chi connectivity index (χ4v) is 6.07. The number of carbonyl (C=O) groups is 2. The lowest BCUT2D eigenvalue weighted by Crippen LogP contribution is -2.43. The normalized spacial score (nSPS) is 24.5. The molecule has 31 heavy (non-hydrogen) atoms. The number of anilines is 1. The molecule has 1 unspecified atom stereocenters. The van der Waals surface area contributed by atoms with Crippen molar-refractivity contribution in [3.8, 4) is 5.75 Å². The second kappa shape index (κ2) is 10.5. The molecule has 1 aromatic carbocycles. The first-order valence-corrected chi connectivity index (χ1v) is 12.5. The van der Waals surface area contributed by atoms with Crippen LogP contribution in [-0.4, -0.2) is 46.3 Å². The van der Waals surface area contributed by atoms with Gasteiger partial charge in [-0.2, -0.15) is 0 Å². The third kappa shape index (κ3) is 5.62. The molecule has 0 radical (unpaired) electrons. The number of thioether (sulfide) groups is 1. The number of aliphatic imine (C=N–C) groups is 1. The molecule has 0 bridgehead atoms. The number of hydrogen-bond donors (Lipinski definition) is 1. The third-order valence-electron chi connectivity index (χ3n) is 6.52. The van der Waals surface area contributed by atoms with Crippen LogP contribution in [0.15, 0.2) is 29.3 Å². The first kappa shape index (κ1) is 22.2. The Bertz CT molecular complexity index is 799. The molecule has 1 N–H and O–H groups in total. The van der Waals surface area contributed by atoms with Crippen LogP contribution < -0.4 is 10.1 Å². The predicted molar refractivity (Wildman–Crippen MR) is 126 cm³/mol. The van der Waals surface area contributed by atoms with Crippen molar-refractivity contribution in [1.29, 1.82) is 0 Å². The van der Waals surface area contributed by atoms with Crippen LogP contribution in [0.4, 0.5) is 5.69 Å². The Kier molecular flexibility index (Phi) is 7.54. The maximum atomic E-state index is 13.4. The van der Waals surface area contributed by atoms with E-state index in [0.717, 1.165) is 36.6 Å². The average molecular weight is 444 g/mol. The van der Waals surface area contributed by atoms with Gasteiger partial charge in [0.25, 0.3) is 0 Å². The summed E-state index contributed by atoms with van der Waals surface area (Å²) in [6, 6.07) is 7.80. The van der Waals surface area contributed by atoms with Gasteiger partial charge >= 0.3 is 0 Å². The average Bonchev–Trinajstić information content (AvgIpc) is 3.09. The second-order valence-corrected chi connectivity index (χ2v) is 9.96. The molecule has 2 saturated carbocycles. The lowest BCUT2D eigenvalue weighted by Gasteiger charge is -2.31. The number of carbonyl (C=O) groups excluding carboxylic acids is 2. The lowest BCUT2D eigenvalue weighted by molar-refractivity contribution is -0.130. The minimum atomic E-state index is -0.387. The van der Waals surface area contributed by atoms with Crippen LogP contribution in [0.25, 0.3) is 0 Å². The van der Waals surface area contributed by atoms with E-state index in [1.54, 1.807) is 7.11 Å². The summed E-state index contributed by atoms with van der Waals surface area (Å²) in [5.41, 5.74) is 0.710. The summed E-state index contributed by atoms with van der Waals surface area (Å²) in [4.78, 5) is 33.0. The number of nitrogens with zero attached hydrogens (tertiary/aromatic N) is 2. The molecule has 7 heteroatoms. The SMILES string of the molecule is COc1ccc(NC(=O)CC2SC(=NC3CCCCC3)N(C3CCCCC3)C2=O)cc1. The summed E-state index contributed by atoms with van der Waals surface area (Å²) >= 11 is 1.50.